The lowest BCUT2D eigenvalue weighted by molar-refractivity contribution is -0.140. The van der Waals surface area contributed by atoms with E-state index in [0.29, 0.717) is 0 Å². The van der Waals surface area contributed by atoms with Crippen LogP contribution in [0.4, 0.5) is 0 Å². The van der Waals surface area contributed by atoms with E-state index in [9.17, 15) is 29.4 Å². The number of nitrogens with one attached hydrogen (secondary N) is 1. The molecule has 1 atom stereocenters. The van der Waals surface area contributed by atoms with Gasteiger partial charge in [-0.3, -0.25) is 14.4 Å². The second-order valence-corrected chi connectivity index (χ2v) is 7.10. The highest BCUT2D eigenvalue weighted by molar-refractivity contribution is 7.98. The number of carboxylic acids is 1. The molecule has 1 aliphatic rings. The third-order valence-electron chi connectivity index (χ3n) is 4.15. The monoisotopic (exact) mass is 409 g/mol. The molecule has 0 bridgehead atoms. The average molecular weight is 409 g/mol. The number of carbonyl (C=O) groups excluding carboxylic acids is 3. The number of Topliss-reactive ketones (excluding diaryl/α,β-unsaturated/α-hetero) is 2. The molecule has 0 aliphatic heterocycles. The molecule has 0 spiro atoms. The van der Waals surface area contributed by atoms with Crippen molar-refractivity contribution in [1.29, 1.82) is 0 Å². The average Bonchev–Trinajstić information content (AvgIpc) is 2.61. The quantitative estimate of drug-likeness (QED) is 0.521. The summed E-state index contributed by atoms with van der Waals surface area (Å²) in [6.45, 7) is 2.59. The molecule has 0 unspecified atom stereocenters. The van der Waals surface area contributed by atoms with Gasteiger partial charge in [-0.2, -0.15) is 11.8 Å². The van der Waals surface area contributed by atoms with Crippen molar-refractivity contribution in [3.63, 3.8) is 0 Å². The number of benzene rings is 1. The van der Waals surface area contributed by atoms with E-state index in [4.69, 9.17) is 9.84 Å². The molecule has 9 nitrogen and oxygen atoms in total. The van der Waals surface area contributed by atoms with Gasteiger partial charge < -0.3 is 25.4 Å². The minimum atomic E-state index is -1.23. The molecule has 0 saturated carbocycles. The van der Waals surface area contributed by atoms with E-state index in [2.05, 4.69) is 5.32 Å². The molecule has 2 rings (SSSR count). The first-order valence-electron chi connectivity index (χ1n) is 8.09. The molecular formula is C18H19NO8S. The van der Waals surface area contributed by atoms with Crippen LogP contribution < -0.4 is 5.32 Å². The minimum absolute atomic E-state index is 0.00877. The number of carboxylic acid groups (broad SMARTS) is 1. The molecule has 0 heterocycles. The van der Waals surface area contributed by atoms with Crippen molar-refractivity contribution >= 4 is 35.2 Å². The zero-order chi connectivity index (χ0) is 21.2. The van der Waals surface area contributed by atoms with E-state index in [1.165, 1.54) is 21.0 Å². The number of thioether (sulfide) groups is 1. The standard InChI is InChI=1S/C18H19NO8S/c1-7-14(22)13-9(16(24)17(7)27-3)4-12(21)10(15(13)23)5-28-6-11(18(25)26)19-8(2)20/h4,11,21,23H,5-6H2,1-3H3,(H,19,20)(H,25,26)/t11-/m0/s1. The third-order valence-corrected chi connectivity index (χ3v) is 5.21. The van der Waals surface area contributed by atoms with Gasteiger partial charge in [-0.15, -0.1) is 0 Å². The number of hydrogen-bond donors (Lipinski definition) is 4. The Labute approximate surface area is 164 Å². The number of amides is 1. The normalized spacial score (nSPS) is 14.5. The molecule has 1 amide bonds. The number of methoxy groups -OCH3 is 1. The van der Waals surface area contributed by atoms with Crippen LogP contribution in [0.15, 0.2) is 17.4 Å². The fourth-order valence-corrected chi connectivity index (χ4v) is 3.84. The summed E-state index contributed by atoms with van der Waals surface area (Å²) in [4.78, 5) is 47.2. The molecule has 1 aliphatic carbocycles. The number of rotatable bonds is 7. The smallest absolute Gasteiger partial charge is 0.327 e. The van der Waals surface area contributed by atoms with E-state index in [1.807, 2.05) is 0 Å². The Morgan fingerprint density at radius 2 is 1.89 bits per heavy atom. The SMILES string of the molecule is COC1=C(C)C(=O)c2c(cc(O)c(CSC[C@H](NC(C)=O)C(=O)O)c2O)C1=O. The maximum Gasteiger partial charge on any atom is 0.327 e. The van der Waals surface area contributed by atoms with Crippen molar-refractivity contribution in [2.45, 2.75) is 25.6 Å². The molecule has 1 aromatic rings. The van der Waals surface area contributed by atoms with Crippen LogP contribution in [-0.2, 0) is 20.1 Å². The summed E-state index contributed by atoms with van der Waals surface area (Å²) < 4.78 is 4.95. The minimum Gasteiger partial charge on any atom is -0.507 e. The summed E-state index contributed by atoms with van der Waals surface area (Å²) in [6, 6.07) is -0.0684. The highest BCUT2D eigenvalue weighted by atomic mass is 32.2. The number of phenolic OH excluding ortho intramolecular Hbond substituents is 2. The summed E-state index contributed by atoms with van der Waals surface area (Å²) in [5.74, 6) is -4.15. The van der Waals surface area contributed by atoms with Gasteiger partial charge in [0.05, 0.1) is 12.7 Å². The summed E-state index contributed by atoms with van der Waals surface area (Å²) in [7, 11) is 1.24. The number of ketones is 2. The number of carbonyl (C=O) groups is 4. The fraction of sp³-hybridized carbons (Fsp3) is 0.333. The summed E-state index contributed by atoms with van der Waals surface area (Å²) in [6.07, 6.45) is 0. The number of ether oxygens (including phenoxy) is 1. The number of aliphatic carboxylic acids is 1. The van der Waals surface area contributed by atoms with Crippen LogP contribution in [0.2, 0.25) is 0 Å². The van der Waals surface area contributed by atoms with Gasteiger partial charge in [0, 0.05) is 35.1 Å². The maximum absolute atomic E-state index is 12.5. The van der Waals surface area contributed by atoms with Crippen LogP contribution in [0.25, 0.3) is 0 Å². The molecule has 0 aromatic heterocycles. The Hall–Kier alpha value is -3.01. The Kier molecular flexibility index (Phi) is 6.34. The van der Waals surface area contributed by atoms with E-state index in [1.54, 1.807) is 0 Å². The maximum atomic E-state index is 12.5. The Morgan fingerprint density at radius 1 is 1.25 bits per heavy atom. The zero-order valence-electron chi connectivity index (χ0n) is 15.4. The van der Waals surface area contributed by atoms with Gasteiger partial charge in [-0.1, -0.05) is 0 Å². The van der Waals surface area contributed by atoms with Gasteiger partial charge in [-0.25, -0.2) is 4.79 Å². The van der Waals surface area contributed by atoms with Gasteiger partial charge in [0.2, 0.25) is 11.7 Å². The number of allylic oxidation sites excluding steroid dienone is 2. The van der Waals surface area contributed by atoms with Gasteiger partial charge in [0.1, 0.15) is 17.5 Å². The largest absolute Gasteiger partial charge is 0.507 e. The molecule has 10 heteroatoms. The lowest BCUT2D eigenvalue weighted by Crippen LogP contribution is -2.41. The predicted molar refractivity (Wildman–Crippen MR) is 99.5 cm³/mol. The molecular weight excluding hydrogens is 390 g/mol. The highest BCUT2D eigenvalue weighted by Gasteiger charge is 2.35. The third kappa shape index (κ3) is 3.96. The molecule has 1 aromatic carbocycles. The van der Waals surface area contributed by atoms with Crippen LogP contribution in [0.3, 0.4) is 0 Å². The van der Waals surface area contributed by atoms with E-state index in [-0.39, 0.29) is 39.5 Å². The summed E-state index contributed by atoms with van der Waals surface area (Å²) >= 11 is 1.02. The summed E-state index contributed by atoms with van der Waals surface area (Å²) in [5.41, 5.74) is -0.368. The number of hydrogen-bond acceptors (Lipinski definition) is 8. The molecule has 0 saturated heterocycles. The fourth-order valence-electron chi connectivity index (χ4n) is 2.77. The van der Waals surface area contributed by atoms with Crippen LogP contribution in [0, 0.1) is 0 Å². The Balaban J connectivity index is 2.31. The summed E-state index contributed by atoms with van der Waals surface area (Å²) in [5, 5.41) is 32.1. The number of phenols is 2. The van der Waals surface area contributed by atoms with Gasteiger partial charge in [0.15, 0.2) is 11.5 Å². The van der Waals surface area contributed by atoms with Gasteiger partial charge >= 0.3 is 5.97 Å². The highest BCUT2D eigenvalue weighted by Crippen LogP contribution is 2.40. The van der Waals surface area contributed by atoms with E-state index < -0.39 is 41.0 Å². The molecule has 0 radical (unpaired) electrons. The first-order valence-corrected chi connectivity index (χ1v) is 9.25. The number of aromatic hydroxyl groups is 2. The van der Waals surface area contributed by atoms with Crippen molar-refractivity contribution in [1.82, 2.24) is 5.32 Å². The van der Waals surface area contributed by atoms with E-state index >= 15 is 0 Å². The lowest BCUT2D eigenvalue weighted by atomic mass is 9.86. The molecule has 150 valence electrons. The Morgan fingerprint density at radius 3 is 2.43 bits per heavy atom. The Bertz CT molecular complexity index is 905. The van der Waals surface area contributed by atoms with Crippen LogP contribution in [0.5, 0.6) is 11.5 Å². The topological polar surface area (TPSA) is 150 Å². The molecule has 0 fully saturated rings. The van der Waals surface area contributed by atoms with Crippen molar-refractivity contribution in [3.05, 3.63) is 34.1 Å². The first-order chi connectivity index (χ1) is 13.1. The lowest BCUT2D eigenvalue weighted by Gasteiger charge is -2.21. The van der Waals surface area contributed by atoms with Crippen molar-refractivity contribution in [2.75, 3.05) is 12.9 Å². The first kappa shape index (κ1) is 21.3. The van der Waals surface area contributed by atoms with Crippen LogP contribution in [-0.4, -0.2) is 57.7 Å². The van der Waals surface area contributed by atoms with Crippen LogP contribution in [0.1, 0.15) is 40.1 Å². The van der Waals surface area contributed by atoms with Gasteiger partial charge in [0.25, 0.3) is 0 Å². The van der Waals surface area contributed by atoms with Crippen molar-refractivity contribution in [3.8, 4) is 11.5 Å². The van der Waals surface area contributed by atoms with E-state index in [0.717, 1.165) is 17.8 Å². The van der Waals surface area contributed by atoms with Crippen LogP contribution >= 0.6 is 11.8 Å². The zero-order valence-corrected chi connectivity index (χ0v) is 16.2. The molecule has 4 N–H and O–H groups in total. The molecule has 28 heavy (non-hydrogen) atoms. The number of fused-ring (bicyclic) bond motifs is 1. The van der Waals surface area contributed by atoms with Gasteiger partial charge in [-0.05, 0) is 13.0 Å². The van der Waals surface area contributed by atoms with Crippen molar-refractivity contribution in [2.24, 2.45) is 0 Å². The second kappa shape index (κ2) is 8.34. The second-order valence-electron chi connectivity index (χ2n) is 6.07. The predicted octanol–water partition coefficient (Wildman–Crippen LogP) is 1.22. The van der Waals surface area contributed by atoms with Crippen molar-refractivity contribution < 1.29 is 39.2 Å².